The van der Waals surface area contributed by atoms with E-state index in [-0.39, 0.29) is 0 Å². The molecule has 2 heteroatoms. The summed E-state index contributed by atoms with van der Waals surface area (Å²) >= 11 is 0. The third-order valence-corrected chi connectivity index (χ3v) is 7.23. The van der Waals surface area contributed by atoms with Gasteiger partial charge in [-0.1, -0.05) is 79.7 Å². The molecule has 0 aliphatic carbocycles. The first-order valence-electron chi connectivity index (χ1n) is 8.27. The van der Waals surface area contributed by atoms with Crippen LogP contribution in [0.1, 0.15) is 29.3 Å². The summed E-state index contributed by atoms with van der Waals surface area (Å²) in [4.78, 5) is 0. The predicted octanol–water partition coefficient (Wildman–Crippen LogP) is 5.20. The molecule has 0 fully saturated rings. The Morgan fingerprint density at radius 1 is 0.750 bits per heavy atom. The van der Waals surface area contributed by atoms with Crippen LogP contribution in [0.2, 0.25) is 0 Å². The van der Waals surface area contributed by atoms with Crippen molar-refractivity contribution < 1.29 is 5.11 Å². The molecule has 0 saturated carbocycles. The zero-order valence-electron chi connectivity index (χ0n) is 14.4. The van der Waals surface area contributed by atoms with Crippen LogP contribution in [0.5, 0.6) is 5.75 Å². The first-order chi connectivity index (χ1) is 11.6. The van der Waals surface area contributed by atoms with E-state index in [9.17, 15) is 5.11 Å². The van der Waals surface area contributed by atoms with Gasteiger partial charge < -0.3 is 5.11 Å². The predicted molar refractivity (Wildman–Crippen MR) is 105 cm³/mol. The molecular formula is C22H23OP. The van der Waals surface area contributed by atoms with Gasteiger partial charge in [-0.3, -0.25) is 0 Å². The highest BCUT2D eigenvalue weighted by Crippen LogP contribution is 2.49. The Kier molecular flexibility index (Phi) is 5.02. The Morgan fingerprint density at radius 3 is 1.58 bits per heavy atom. The molecular weight excluding hydrogens is 311 g/mol. The summed E-state index contributed by atoms with van der Waals surface area (Å²) in [5, 5.41) is 12.9. The minimum atomic E-state index is -0.504. The van der Waals surface area contributed by atoms with E-state index in [1.54, 1.807) is 0 Å². The summed E-state index contributed by atoms with van der Waals surface area (Å²) in [6.45, 7) is 6.26. The fourth-order valence-corrected chi connectivity index (χ4v) is 5.78. The first kappa shape index (κ1) is 16.7. The average molecular weight is 334 g/mol. The minimum Gasteiger partial charge on any atom is -0.507 e. The standard InChI is InChI=1S/C22H23OP/c1-16-14-19(15-17(2)22(16)23)18(3)24(20-10-6-4-7-11-20)21-12-8-5-9-13-21/h4-15,18,23H,1-3H3. The number of aryl methyl sites for hydroxylation is 2. The van der Waals surface area contributed by atoms with E-state index in [1.165, 1.54) is 16.2 Å². The van der Waals surface area contributed by atoms with Crippen LogP contribution >= 0.6 is 7.92 Å². The maximum Gasteiger partial charge on any atom is 0.121 e. The third-order valence-electron chi connectivity index (χ3n) is 4.45. The lowest BCUT2D eigenvalue weighted by Crippen LogP contribution is -2.15. The molecule has 122 valence electrons. The molecule has 1 nitrogen and oxygen atoms in total. The molecule has 1 atom stereocenters. The van der Waals surface area contributed by atoms with E-state index in [0.717, 1.165) is 11.1 Å². The second-order valence-corrected chi connectivity index (χ2v) is 8.77. The minimum absolute atomic E-state index is 0.378. The smallest absolute Gasteiger partial charge is 0.121 e. The van der Waals surface area contributed by atoms with E-state index in [2.05, 4.69) is 79.7 Å². The van der Waals surface area contributed by atoms with Gasteiger partial charge in [0, 0.05) is 5.66 Å². The SMILES string of the molecule is Cc1cc(C(C)P(c2ccccc2)c2ccccc2)cc(C)c1O. The molecule has 24 heavy (non-hydrogen) atoms. The molecule has 0 heterocycles. The average Bonchev–Trinajstić information content (AvgIpc) is 2.61. The van der Waals surface area contributed by atoms with Crippen LogP contribution in [0.15, 0.2) is 72.8 Å². The maximum atomic E-state index is 10.1. The van der Waals surface area contributed by atoms with Gasteiger partial charge in [-0.15, -0.1) is 0 Å². The summed E-state index contributed by atoms with van der Waals surface area (Å²) in [5.41, 5.74) is 3.57. The van der Waals surface area contributed by atoms with Crippen LogP contribution in [0.25, 0.3) is 0 Å². The fraction of sp³-hybridized carbons (Fsp3) is 0.182. The van der Waals surface area contributed by atoms with Gasteiger partial charge in [0.1, 0.15) is 5.75 Å². The van der Waals surface area contributed by atoms with Crippen molar-refractivity contribution in [1.29, 1.82) is 0 Å². The lowest BCUT2D eigenvalue weighted by molar-refractivity contribution is 0.466. The molecule has 0 saturated heterocycles. The van der Waals surface area contributed by atoms with Crippen molar-refractivity contribution in [2.45, 2.75) is 26.4 Å². The number of hydrogen-bond acceptors (Lipinski definition) is 1. The number of hydrogen-bond donors (Lipinski definition) is 1. The topological polar surface area (TPSA) is 20.2 Å². The van der Waals surface area contributed by atoms with Crippen LogP contribution < -0.4 is 10.6 Å². The van der Waals surface area contributed by atoms with E-state index < -0.39 is 7.92 Å². The molecule has 3 aromatic carbocycles. The molecule has 0 aromatic heterocycles. The van der Waals surface area contributed by atoms with Crippen molar-refractivity contribution in [1.82, 2.24) is 0 Å². The Balaban J connectivity index is 2.09. The van der Waals surface area contributed by atoms with Gasteiger partial charge in [-0.05, 0) is 49.1 Å². The maximum absolute atomic E-state index is 10.1. The highest BCUT2D eigenvalue weighted by atomic mass is 31.1. The van der Waals surface area contributed by atoms with Gasteiger partial charge >= 0.3 is 0 Å². The molecule has 1 unspecified atom stereocenters. The first-order valence-corrected chi connectivity index (χ1v) is 9.68. The number of benzene rings is 3. The molecule has 0 bridgehead atoms. The second kappa shape index (κ2) is 7.20. The van der Waals surface area contributed by atoms with Crippen molar-refractivity contribution in [2.24, 2.45) is 0 Å². The van der Waals surface area contributed by atoms with Crippen molar-refractivity contribution in [2.75, 3.05) is 0 Å². The molecule has 3 rings (SSSR count). The zero-order valence-corrected chi connectivity index (χ0v) is 15.3. The van der Waals surface area contributed by atoms with Crippen LogP contribution in [0.3, 0.4) is 0 Å². The quantitative estimate of drug-likeness (QED) is 0.650. The van der Waals surface area contributed by atoms with Gasteiger partial charge in [-0.25, -0.2) is 0 Å². The van der Waals surface area contributed by atoms with Crippen molar-refractivity contribution >= 4 is 18.5 Å². The Hall–Kier alpha value is -2.11. The van der Waals surface area contributed by atoms with E-state index >= 15 is 0 Å². The summed E-state index contributed by atoms with van der Waals surface area (Å²) in [7, 11) is -0.504. The lowest BCUT2D eigenvalue weighted by atomic mass is 10.0. The van der Waals surface area contributed by atoms with Gasteiger partial charge in [-0.2, -0.15) is 0 Å². The zero-order chi connectivity index (χ0) is 17.1. The molecule has 0 aliphatic rings. The van der Waals surface area contributed by atoms with Crippen LogP contribution in [0, 0.1) is 13.8 Å². The molecule has 0 aliphatic heterocycles. The summed E-state index contributed by atoms with van der Waals surface area (Å²) in [6, 6.07) is 25.8. The highest BCUT2D eigenvalue weighted by Gasteiger charge is 2.23. The Bertz CT molecular complexity index is 749. The van der Waals surface area contributed by atoms with E-state index in [0.29, 0.717) is 11.4 Å². The van der Waals surface area contributed by atoms with Crippen molar-refractivity contribution in [3.63, 3.8) is 0 Å². The Morgan fingerprint density at radius 2 is 1.17 bits per heavy atom. The summed E-state index contributed by atoms with van der Waals surface area (Å²) in [6.07, 6.45) is 0. The molecule has 0 spiro atoms. The largest absolute Gasteiger partial charge is 0.507 e. The van der Waals surface area contributed by atoms with Crippen molar-refractivity contribution in [3.05, 3.63) is 89.5 Å². The molecule has 1 N–H and O–H groups in total. The number of rotatable bonds is 4. The number of aromatic hydroxyl groups is 1. The lowest BCUT2D eigenvalue weighted by Gasteiger charge is -2.27. The summed E-state index contributed by atoms with van der Waals surface area (Å²) < 4.78 is 0. The highest BCUT2D eigenvalue weighted by molar-refractivity contribution is 7.73. The third kappa shape index (κ3) is 3.37. The monoisotopic (exact) mass is 334 g/mol. The molecule has 0 amide bonds. The van der Waals surface area contributed by atoms with Gasteiger partial charge in [0.25, 0.3) is 0 Å². The molecule has 0 radical (unpaired) electrons. The summed E-state index contributed by atoms with van der Waals surface area (Å²) in [5.74, 6) is 0.412. The van der Waals surface area contributed by atoms with Gasteiger partial charge in [0.05, 0.1) is 0 Å². The van der Waals surface area contributed by atoms with Crippen molar-refractivity contribution in [3.8, 4) is 5.75 Å². The van der Waals surface area contributed by atoms with Crippen LogP contribution in [-0.4, -0.2) is 5.11 Å². The normalized spacial score (nSPS) is 12.3. The number of phenolic OH excluding ortho intramolecular Hbond substituents is 1. The van der Waals surface area contributed by atoms with Crippen LogP contribution in [-0.2, 0) is 0 Å². The van der Waals surface area contributed by atoms with Gasteiger partial charge in [0.2, 0.25) is 0 Å². The second-order valence-electron chi connectivity index (χ2n) is 6.22. The van der Waals surface area contributed by atoms with E-state index in [4.69, 9.17) is 0 Å². The van der Waals surface area contributed by atoms with Gasteiger partial charge in [0.15, 0.2) is 0 Å². The fourth-order valence-electron chi connectivity index (χ4n) is 3.15. The Labute approximate surface area is 145 Å². The molecule has 3 aromatic rings. The van der Waals surface area contributed by atoms with Crippen LogP contribution in [0.4, 0.5) is 0 Å². The van der Waals surface area contributed by atoms with E-state index in [1.807, 2.05) is 13.8 Å². The number of phenols is 1.